The van der Waals surface area contributed by atoms with Gasteiger partial charge in [0.05, 0.1) is 19.0 Å². The van der Waals surface area contributed by atoms with Gasteiger partial charge in [0.25, 0.3) is 0 Å². The van der Waals surface area contributed by atoms with E-state index >= 15 is 0 Å². The molecule has 0 bridgehead atoms. The van der Waals surface area contributed by atoms with Crippen LogP contribution in [0.1, 0.15) is 32.1 Å². The minimum Gasteiger partial charge on any atom is -0.379 e. The molecule has 0 radical (unpaired) electrons. The van der Waals surface area contributed by atoms with Crippen molar-refractivity contribution in [2.24, 2.45) is 0 Å². The largest absolute Gasteiger partial charge is 0.379 e. The Balaban J connectivity index is 1.53. The van der Waals surface area contributed by atoms with E-state index in [4.69, 9.17) is 4.74 Å². The molecule has 1 aliphatic heterocycles. The molecule has 0 unspecified atom stereocenters. The molecule has 6 heteroatoms. The SMILES string of the molecule is O=C(CSc1ccccc1Br)NCC1(N2CCOCC2)CCCCC1. The monoisotopic (exact) mass is 426 g/mol. The van der Waals surface area contributed by atoms with Crippen LogP contribution in [0.5, 0.6) is 0 Å². The fraction of sp³-hybridized carbons (Fsp3) is 0.632. The van der Waals surface area contributed by atoms with Crippen molar-refractivity contribution >= 4 is 33.6 Å². The second-order valence-corrected chi connectivity index (χ2v) is 8.75. The van der Waals surface area contributed by atoms with Gasteiger partial charge in [-0.2, -0.15) is 0 Å². The fourth-order valence-electron chi connectivity index (χ4n) is 3.87. The molecule has 2 aliphatic rings. The molecule has 1 heterocycles. The Morgan fingerprint density at radius 3 is 2.64 bits per heavy atom. The van der Waals surface area contributed by atoms with Crippen LogP contribution in [0.15, 0.2) is 33.6 Å². The Morgan fingerprint density at radius 2 is 1.92 bits per heavy atom. The van der Waals surface area contributed by atoms with Gasteiger partial charge in [0, 0.05) is 34.5 Å². The third kappa shape index (κ3) is 5.22. The number of hydrogen-bond donors (Lipinski definition) is 1. The number of nitrogens with one attached hydrogen (secondary N) is 1. The summed E-state index contributed by atoms with van der Waals surface area (Å²) < 4.78 is 6.57. The van der Waals surface area contributed by atoms with Crippen LogP contribution in [-0.4, -0.2) is 54.9 Å². The van der Waals surface area contributed by atoms with E-state index in [1.54, 1.807) is 11.8 Å². The molecule has 2 fully saturated rings. The third-order valence-corrected chi connectivity index (χ3v) is 7.30. The summed E-state index contributed by atoms with van der Waals surface area (Å²) in [4.78, 5) is 16.1. The predicted octanol–water partition coefficient (Wildman–Crippen LogP) is 3.69. The Labute approximate surface area is 163 Å². The molecule has 1 N–H and O–H groups in total. The Bertz CT molecular complexity index is 572. The maximum atomic E-state index is 12.4. The summed E-state index contributed by atoms with van der Waals surface area (Å²) in [7, 11) is 0. The summed E-state index contributed by atoms with van der Waals surface area (Å²) in [6.07, 6.45) is 6.21. The first-order valence-electron chi connectivity index (χ1n) is 9.16. The highest BCUT2D eigenvalue weighted by atomic mass is 79.9. The van der Waals surface area contributed by atoms with Crippen molar-refractivity contribution in [1.82, 2.24) is 10.2 Å². The van der Waals surface area contributed by atoms with Crippen LogP contribution in [-0.2, 0) is 9.53 Å². The van der Waals surface area contributed by atoms with Crippen LogP contribution in [0.4, 0.5) is 0 Å². The molecule has 3 rings (SSSR count). The number of benzene rings is 1. The van der Waals surface area contributed by atoms with E-state index in [1.807, 2.05) is 24.3 Å². The van der Waals surface area contributed by atoms with E-state index in [-0.39, 0.29) is 11.4 Å². The molecule has 1 aromatic carbocycles. The van der Waals surface area contributed by atoms with Gasteiger partial charge in [0.15, 0.2) is 0 Å². The van der Waals surface area contributed by atoms with Crippen molar-refractivity contribution in [3.05, 3.63) is 28.7 Å². The van der Waals surface area contributed by atoms with Gasteiger partial charge in [0.2, 0.25) is 5.91 Å². The summed E-state index contributed by atoms with van der Waals surface area (Å²) in [5.74, 6) is 0.584. The number of hydrogen-bond acceptors (Lipinski definition) is 4. The Kier molecular flexibility index (Phi) is 7.22. The number of amides is 1. The number of carbonyl (C=O) groups excluding carboxylic acids is 1. The molecule has 25 heavy (non-hydrogen) atoms. The molecule has 4 nitrogen and oxygen atoms in total. The highest BCUT2D eigenvalue weighted by molar-refractivity contribution is 9.10. The molecular formula is C19H27BrN2O2S. The van der Waals surface area contributed by atoms with Crippen molar-refractivity contribution in [3.8, 4) is 0 Å². The highest BCUT2D eigenvalue weighted by Gasteiger charge is 2.38. The maximum Gasteiger partial charge on any atom is 0.230 e. The zero-order chi connectivity index (χ0) is 17.5. The van der Waals surface area contributed by atoms with E-state index in [0.717, 1.165) is 42.2 Å². The van der Waals surface area contributed by atoms with Gasteiger partial charge in [-0.15, -0.1) is 11.8 Å². The lowest BCUT2D eigenvalue weighted by atomic mass is 9.79. The fourth-order valence-corrected chi connectivity index (χ4v) is 5.27. The minimum atomic E-state index is 0.124. The van der Waals surface area contributed by atoms with Crippen molar-refractivity contribution in [1.29, 1.82) is 0 Å². The van der Waals surface area contributed by atoms with Gasteiger partial charge in [-0.3, -0.25) is 9.69 Å². The molecule has 1 aliphatic carbocycles. The molecular weight excluding hydrogens is 400 g/mol. The quantitative estimate of drug-likeness (QED) is 0.704. The van der Waals surface area contributed by atoms with Gasteiger partial charge >= 0.3 is 0 Å². The Morgan fingerprint density at radius 1 is 1.20 bits per heavy atom. The van der Waals surface area contributed by atoms with Crippen molar-refractivity contribution in [2.75, 3.05) is 38.6 Å². The summed E-state index contributed by atoms with van der Waals surface area (Å²) in [5, 5.41) is 3.22. The van der Waals surface area contributed by atoms with E-state index in [9.17, 15) is 4.79 Å². The lowest BCUT2D eigenvalue weighted by molar-refractivity contribution is -0.119. The molecule has 138 valence electrons. The molecule has 0 atom stereocenters. The number of thioether (sulfide) groups is 1. The highest BCUT2D eigenvalue weighted by Crippen LogP contribution is 2.34. The molecule has 0 aromatic heterocycles. The molecule has 0 spiro atoms. The zero-order valence-corrected chi connectivity index (χ0v) is 17.0. The maximum absolute atomic E-state index is 12.4. The molecule has 1 aromatic rings. The normalized spacial score (nSPS) is 21.0. The molecule has 1 saturated heterocycles. The van der Waals surface area contributed by atoms with Gasteiger partial charge in [-0.25, -0.2) is 0 Å². The van der Waals surface area contributed by atoms with E-state index in [2.05, 4.69) is 26.1 Å². The zero-order valence-electron chi connectivity index (χ0n) is 14.6. The topological polar surface area (TPSA) is 41.6 Å². The third-order valence-electron chi connectivity index (χ3n) is 5.28. The first-order valence-corrected chi connectivity index (χ1v) is 10.9. The van der Waals surface area contributed by atoms with Crippen LogP contribution < -0.4 is 5.32 Å². The Hall–Kier alpha value is -0.560. The van der Waals surface area contributed by atoms with Gasteiger partial charge < -0.3 is 10.1 Å². The summed E-state index contributed by atoms with van der Waals surface area (Å²) >= 11 is 5.12. The number of rotatable bonds is 6. The van der Waals surface area contributed by atoms with E-state index in [0.29, 0.717) is 5.75 Å². The van der Waals surface area contributed by atoms with Gasteiger partial charge in [-0.1, -0.05) is 31.4 Å². The lowest BCUT2D eigenvalue weighted by Crippen LogP contribution is -2.59. The number of nitrogens with zero attached hydrogens (tertiary/aromatic N) is 1. The van der Waals surface area contributed by atoms with Gasteiger partial charge in [-0.05, 0) is 40.9 Å². The van der Waals surface area contributed by atoms with Crippen molar-refractivity contribution in [2.45, 2.75) is 42.5 Å². The number of halogens is 1. The first-order chi connectivity index (χ1) is 12.2. The van der Waals surface area contributed by atoms with Crippen LogP contribution in [0.3, 0.4) is 0 Å². The predicted molar refractivity (Wildman–Crippen MR) is 106 cm³/mol. The first kappa shape index (κ1) is 19.2. The minimum absolute atomic E-state index is 0.124. The second kappa shape index (κ2) is 9.40. The van der Waals surface area contributed by atoms with Crippen LogP contribution in [0.25, 0.3) is 0 Å². The average Bonchev–Trinajstić information content (AvgIpc) is 2.67. The average molecular weight is 427 g/mol. The van der Waals surface area contributed by atoms with Crippen LogP contribution >= 0.6 is 27.7 Å². The smallest absolute Gasteiger partial charge is 0.230 e. The standard InChI is InChI=1S/C19H27BrN2O2S/c20-16-6-2-3-7-17(16)25-14-18(23)21-15-19(8-4-1-5-9-19)22-10-12-24-13-11-22/h2-3,6-7H,1,4-5,8-15H2,(H,21,23). The van der Waals surface area contributed by atoms with Gasteiger partial charge in [0.1, 0.15) is 0 Å². The van der Waals surface area contributed by atoms with E-state index < -0.39 is 0 Å². The van der Waals surface area contributed by atoms with Crippen molar-refractivity contribution in [3.63, 3.8) is 0 Å². The van der Waals surface area contributed by atoms with Crippen LogP contribution in [0, 0.1) is 0 Å². The van der Waals surface area contributed by atoms with Crippen LogP contribution in [0.2, 0.25) is 0 Å². The number of carbonyl (C=O) groups is 1. The molecule has 1 saturated carbocycles. The number of ether oxygens (including phenoxy) is 1. The summed E-state index contributed by atoms with van der Waals surface area (Å²) in [6, 6.07) is 8.04. The number of morpholine rings is 1. The van der Waals surface area contributed by atoms with E-state index in [1.165, 1.54) is 32.1 Å². The lowest BCUT2D eigenvalue weighted by Gasteiger charge is -2.48. The summed E-state index contributed by atoms with van der Waals surface area (Å²) in [5.41, 5.74) is 0.135. The second-order valence-electron chi connectivity index (χ2n) is 6.88. The van der Waals surface area contributed by atoms with Crippen molar-refractivity contribution < 1.29 is 9.53 Å². The summed E-state index contributed by atoms with van der Waals surface area (Å²) in [6.45, 7) is 4.37. The molecule has 1 amide bonds.